The molecule has 0 aliphatic heterocycles. The molecule has 22 heavy (non-hydrogen) atoms. The molecule has 2 nitrogen and oxygen atoms in total. The number of benzene rings is 2. The van der Waals surface area contributed by atoms with E-state index in [2.05, 4.69) is 36.5 Å². The molecule has 2 rings (SSSR count). The predicted molar refractivity (Wildman–Crippen MR) is 92.9 cm³/mol. The van der Waals surface area contributed by atoms with Gasteiger partial charge in [0.2, 0.25) is 0 Å². The van der Waals surface area contributed by atoms with Crippen molar-refractivity contribution in [3.63, 3.8) is 0 Å². The molecule has 0 radical (unpaired) electrons. The summed E-state index contributed by atoms with van der Waals surface area (Å²) >= 11 is 0. The standard InChI is InChI=1S/C20H23NO/c1-14-5-9-18(10-6-14)16(3)13-21-17(4)20(22)19-11-7-15(2)8-12-19/h5-13,17,21H,1-4H3/b16-13+. The van der Waals surface area contributed by atoms with E-state index in [4.69, 9.17) is 0 Å². The lowest BCUT2D eigenvalue weighted by atomic mass is 10.0. The van der Waals surface area contributed by atoms with E-state index >= 15 is 0 Å². The van der Waals surface area contributed by atoms with Crippen LogP contribution in [0.15, 0.2) is 54.7 Å². The summed E-state index contributed by atoms with van der Waals surface area (Å²) in [4.78, 5) is 12.4. The summed E-state index contributed by atoms with van der Waals surface area (Å²) in [6.07, 6.45) is 1.92. The minimum absolute atomic E-state index is 0.105. The van der Waals surface area contributed by atoms with Gasteiger partial charge in [-0.15, -0.1) is 0 Å². The lowest BCUT2D eigenvalue weighted by Gasteiger charge is -2.12. The van der Waals surface area contributed by atoms with Gasteiger partial charge in [-0.2, -0.15) is 0 Å². The number of allylic oxidation sites excluding steroid dienone is 1. The number of Topliss-reactive ketones (excluding diaryl/α,β-unsaturated/α-hetero) is 1. The molecule has 2 aromatic rings. The quantitative estimate of drug-likeness (QED) is 0.821. The Bertz CT molecular complexity index is 666. The molecule has 0 aliphatic carbocycles. The third kappa shape index (κ3) is 4.08. The minimum Gasteiger partial charge on any atom is -0.381 e. The Hall–Kier alpha value is -2.35. The molecule has 0 saturated carbocycles. The van der Waals surface area contributed by atoms with Gasteiger partial charge in [0, 0.05) is 11.8 Å². The first-order chi connectivity index (χ1) is 10.5. The monoisotopic (exact) mass is 293 g/mol. The van der Waals surface area contributed by atoms with Gasteiger partial charge in [-0.25, -0.2) is 0 Å². The van der Waals surface area contributed by atoms with Crippen LogP contribution in [0, 0.1) is 13.8 Å². The van der Waals surface area contributed by atoms with Gasteiger partial charge in [0.25, 0.3) is 0 Å². The first-order valence-corrected chi connectivity index (χ1v) is 7.58. The van der Waals surface area contributed by atoms with Gasteiger partial charge in [-0.3, -0.25) is 4.79 Å². The Morgan fingerprint density at radius 1 is 0.909 bits per heavy atom. The van der Waals surface area contributed by atoms with Crippen molar-refractivity contribution in [2.75, 3.05) is 0 Å². The molecule has 0 fully saturated rings. The third-order valence-electron chi connectivity index (χ3n) is 3.79. The van der Waals surface area contributed by atoms with E-state index in [-0.39, 0.29) is 11.8 Å². The average molecular weight is 293 g/mol. The number of carbonyl (C=O) groups excluding carboxylic acids is 1. The summed E-state index contributed by atoms with van der Waals surface area (Å²) in [6.45, 7) is 8.02. The number of carbonyl (C=O) groups is 1. The van der Waals surface area contributed by atoms with Crippen LogP contribution in [0.3, 0.4) is 0 Å². The van der Waals surface area contributed by atoms with Crippen molar-refractivity contribution >= 4 is 11.4 Å². The van der Waals surface area contributed by atoms with Crippen molar-refractivity contribution in [1.82, 2.24) is 5.32 Å². The normalized spacial score (nSPS) is 12.8. The molecule has 0 heterocycles. The van der Waals surface area contributed by atoms with Gasteiger partial charge in [-0.1, -0.05) is 59.7 Å². The highest BCUT2D eigenvalue weighted by molar-refractivity contribution is 6.00. The molecule has 0 aromatic heterocycles. The fraction of sp³-hybridized carbons (Fsp3) is 0.250. The molecule has 1 unspecified atom stereocenters. The number of hydrogen-bond donors (Lipinski definition) is 1. The summed E-state index contributed by atoms with van der Waals surface area (Å²) in [5.74, 6) is 0.105. The Kier molecular flexibility index (Phi) is 5.16. The lowest BCUT2D eigenvalue weighted by Crippen LogP contribution is -2.30. The van der Waals surface area contributed by atoms with Crippen molar-refractivity contribution < 1.29 is 4.79 Å². The van der Waals surface area contributed by atoms with Crippen LogP contribution >= 0.6 is 0 Å². The minimum atomic E-state index is -0.247. The van der Waals surface area contributed by atoms with Crippen molar-refractivity contribution in [3.05, 3.63) is 77.0 Å². The van der Waals surface area contributed by atoms with Crippen molar-refractivity contribution in [3.8, 4) is 0 Å². The lowest BCUT2D eigenvalue weighted by molar-refractivity contribution is 0.0957. The predicted octanol–water partition coefficient (Wildman–Crippen LogP) is 4.53. The molecule has 1 atom stereocenters. The highest BCUT2D eigenvalue weighted by Crippen LogP contribution is 2.14. The molecule has 2 heteroatoms. The summed E-state index contributed by atoms with van der Waals surface area (Å²) in [7, 11) is 0. The smallest absolute Gasteiger partial charge is 0.184 e. The van der Waals surface area contributed by atoms with Crippen molar-refractivity contribution in [1.29, 1.82) is 0 Å². The Balaban J connectivity index is 2.03. The van der Waals surface area contributed by atoms with Crippen LogP contribution in [0.2, 0.25) is 0 Å². The van der Waals surface area contributed by atoms with Crippen LogP contribution in [-0.4, -0.2) is 11.8 Å². The second-order valence-corrected chi connectivity index (χ2v) is 5.81. The zero-order valence-corrected chi connectivity index (χ0v) is 13.7. The van der Waals surface area contributed by atoms with Gasteiger partial charge >= 0.3 is 0 Å². The summed E-state index contributed by atoms with van der Waals surface area (Å²) in [5.41, 5.74) is 5.42. The second kappa shape index (κ2) is 7.08. The van der Waals surface area contributed by atoms with E-state index in [0.29, 0.717) is 0 Å². The highest BCUT2D eigenvalue weighted by Gasteiger charge is 2.13. The van der Waals surface area contributed by atoms with Crippen molar-refractivity contribution in [2.45, 2.75) is 33.7 Å². The third-order valence-corrected chi connectivity index (χ3v) is 3.79. The van der Waals surface area contributed by atoms with Gasteiger partial charge in [-0.05, 0) is 38.8 Å². The zero-order valence-electron chi connectivity index (χ0n) is 13.7. The zero-order chi connectivity index (χ0) is 16.1. The van der Waals surface area contributed by atoms with E-state index in [1.807, 2.05) is 51.2 Å². The van der Waals surface area contributed by atoms with E-state index < -0.39 is 0 Å². The van der Waals surface area contributed by atoms with Crippen LogP contribution in [-0.2, 0) is 0 Å². The SMILES string of the molecule is C/C(=C\NC(C)C(=O)c1ccc(C)cc1)c1ccc(C)cc1. The molecule has 1 N–H and O–H groups in total. The van der Waals surface area contributed by atoms with E-state index in [0.717, 1.165) is 22.3 Å². The van der Waals surface area contributed by atoms with E-state index in [1.54, 1.807) is 0 Å². The van der Waals surface area contributed by atoms with E-state index in [9.17, 15) is 4.79 Å². The van der Waals surface area contributed by atoms with E-state index in [1.165, 1.54) is 5.56 Å². The molecular weight excluding hydrogens is 270 g/mol. The number of ketones is 1. The topological polar surface area (TPSA) is 29.1 Å². The molecule has 0 saturated heterocycles. The first kappa shape index (κ1) is 16.0. The fourth-order valence-corrected chi connectivity index (χ4v) is 2.19. The molecule has 0 bridgehead atoms. The number of aryl methyl sites for hydroxylation is 2. The molecule has 0 spiro atoms. The molecule has 114 valence electrons. The Labute approximate surface area is 132 Å². The average Bonchev–Trinajstić information content (AvgIpc) is 2.53. The maximum absolute atomic E-state index is 12.4. The molecular formula is C20H23NO. The maximum Gasteiger partial charge on any atom is 0.184 e. The second-order valence-electron chi connectivity index (χ2n) is 5.81. The Morgan fingerprint density at radius 3 is 1.86 bits per heavy atom. The van der Waals surface area contributed by atoms with Gasteiger partial charge < -0.3 is 5.32 Å². The summed E-state index contributed by atoms with van der Waals surface area (Å²) in [5, 5.41) is 3.20. The number of rotatable bonds is 5. The molecule has 0 aliphatic rings. The highest BCUT2D eigenvalue weighted by atomic mass is 16.1. The number of hydrogen-bond acceptors (Lipinski definition) is 2. The van der Waals surface area contributed by atoms with Gasteiger partial charge in [0.05, 0.1) is 6.04 Å². The Morgan fingerprint density at radius 2 is 1.36 bits per heavy atom. The fourth-order valence-electron chi connectivity index (χ4n) is 2.19. The number of nitrogens with one attached hydrogen (secondary N) is 1. The van der Waals surface area contributed by atoms with Crippen LogP contribution < -0.4 is 5.32 Å². The summed E-state index contributed by atoms with van der Waals surface area (Å²) < 4.78 is 0. The van der Waals surface area contributed by atoms with Crippen LogP contribution in [0.4, 0.5) is 0 Å². The molecule has 0 amide bonds. The van der Waals surface area contributed by atoms with Crippen molar-refractivity contribution in [2.24, 2.45) is 0 Å². The summed E-state index contributed by atoms with van der Waals surface area (Å²) in [6, 6.07) is 15.8. The maximum atomic E-state index is 12.4. The van der Waals surface area contributed by atoms with Crippen LogP contribution in [0.5, 0.6) is 0 Å². The molecule has 2 aromatic carbocycles. The largest absolute Gasteiger partial charge is 0.381 e. The van der Waals surface area contributed by atoms with Gasteiger partial charge in [0.15, 0.2) is 5.78 Å². The first-order valence-electron chi connectivity index (χ1n) is 7.58. The van der Waals surface area contributed by atoms with Crippen LogP contribution in [0.1, 0.15) is 40.9 Å². The van der Waals surface area contributed by atoms with Gasteiger partial charge in [0.1, 0.15) is 0 Å². The van der Waals surface area contributed by atoms with Crippen LogP contribution in [0.25, 0.3) is 5.57 Å².